The number of nitrogens with zero attached hydrogens (tertiary/aromatic N) is 1. The molecule has 0 spiro atoms. The summed E-state index contributed by atoms with van der Waals surface area (Å²) in [4.78, 5) is 30.1. The number of benzene rings is 1. The van der Waals surface area contributed by atoms with Gasteiger partial charge in [-0.25, -0.2) is 4.98 Å². The third-order valence-corrected chi connectivity index (χ3v) is 5.95. The van der Waals surface area contributed by atoms with E-state index < -0.39 is 12.1 Å². The molecule has 1 amide bonds. The van der Waals surface area contributed by atoms with Crippen LogP contribution in [0.3, 0.4) is 0 Å². The first kappa shape index (κ1) is 19.3. The number of hydrogen-bond donors (Lipinski definition) is 1. The monoisotopic (exact) mass is 400 g/mol. The minimum Gasteiger partial charge on any atom is -0.452 e. The highest BCUT2D eigenvalue weighted by Crippen LogP contribution is 2.28. The van der Waals surface area contributed by atoms with Crippen LogP contribution in [-0.4, -0.2) is 23.0 Å². The molecule has 2 heterocycles. The molecule has 0 aliphatic carbocycles. The van der Waals surface area contributed by atoms with E-state index in [0.717, 1.165) is 26.7 Å². The molecule has 5 nitrogen and oxygen atoms in total. The van der Waals surface area contributed by atoms with Crippen LogP contribution in [0.15, 0.2) is 41.1 Å². The van der Waals surface area contributed by atoms with Gasteiger partial charge in [0.25, 0.3) is 5.91 Å². The second kappa shape index (κ2) is 8.45. The van der Waals surface area contributed by atoms with Gasteiger partial charge in [0.15, 0.2) is 6.10 Å². The molecule has 0 aliphatic rings. The van der Waals surface area contributed by atoms with Crippen molar-refractivity contribution in [2.24, 2.45) is 0 Å². The average molecular weight is 401 g/mol. The number of nitrogens with one attached hydrogen (secondary N) is 1. The van der Waals surface area contributed by atoms with Crippen molar-refractivity contribution >= 4 is 40.2 Å². The Morgan fingerprint density at radius 1 is 1.15 bits per heavy atom. The van der Waals surface area contributed by atoms with Gasteiger partial charge in [-0.15, -0.1) is 22.7 Å². The maximum absolute atomic E-state index is 12.4. The number of anilines is 1. The lowest BCUT2D eigenvalue weighted by Gasteiger charge is -2.16. The van der Waals surface area contributed by atoms with E-state index in [9.17, 15) is 9.59 Å². The summed E-state index contributed by atoms with van der Waals surface area (Å²) in [5.74, 6) is -0.819. The number of thiophene rings is 1. The fraction of sp³-hybridized carbons (Fsp3) is 0.250. The normalized spacial score (nSPS) is 11.8. The second-order valence-electron chi connectivity index (χ2n) is 6.19. The number of rotatable bonds is 6. The van der Waals surface area contributed by atoms with Gasteiger partial charge in [0.2, 0.25) is 0 Å². The van der Waals surface area contributed by atoms with E-state index in [-0.39, 0.29) is 12.3 Å². The van der Waals surface area contributed by atoms with E-state index in [1.54, 1.807) is 18.3 Å². The summed E-state index contributed by atoms with van der Waals surface area (Å²) in [6.45, 7) is 5.42. The van der Waals surface area contributed by atoms with Gasteiger partial charge in [-0.2, -0.15) is 0 Å². The summed E-state index contributed by atoms with van der Waals surface area (Å²) in [5, 5.41) is 7.56. The van der Waals surface area contributed by atoms with Crippen LogP contribution in [0.25, 0.3) is 9.88 Å². The van der Waals surface area contributed by atoms with Crippen LogP contribution in [0.1, 0.15) is 23.7 Å². The van der Waals surface area contributed by atoms with Crippen LogP contribution in [0.4, 0.5) is 5.69 Å². The van der Waals surface area contributed by atoms with Gasteiger partial charge in [-0.3, -0.25) is 9.59 Å². The summed E-state index contributed by atoms with van der Waals surface area (Å²) in [6.07, 6.45) is -0.838. The Balaban J connectivity index is 1.56. The quantitative estimate of drug-likeness (QED) is 0.614. The smallest absolute Gasteiger partial charge is 0.312 e. The van der Waals surface area contributed by atoms with Crippen molar-refractivity contribution in [3.05, 3.63) is 57.9 Å². The molecule has 7 heteroatoms. The standard InChI is InChI=1S/C20H20N2O3S2/c1-12-6-4-7-13(2)18(12)22-19(24)14(3)25-17(23)10-15-11-27-20(21-15)16-8-5-9-26-16/h4-9,11,14H,10H2,1-3H3,(H,22,24)/t14-/m1/s1. The molecule has 3 rings (SSSR count). The topological polar surface area (TPSA) is 68.3 Å². The van der Waals surface area contributed by atoms with Crippen LogP contribution >= 0.6 is 22.7 Å². The molecule has 2 aromatic heterocycles. The van der Waals surface area contributed by atoms with E-state index in [2.05, 4.69) is 10.3 Å². The highest BCUT2D eigenvalue weighted by Gasteiger charge is 2.20. The minimum absolute atomic E-state index is 0.0445. The highest BCUT2D eigenvalue weighted by atomic mass is 32.1. The molecule has 1 atom stereocenters. The number of amides is 1. The van der Waals surface area contributed by atoms with Gasteiger partial charge in [0.1, 0.15) is 5.01 Å². The fourth-order valence-corrected chi connectivity index (χ4v) is 4.21. The first-order valence-electron chi connectivity index (χ1n) is 8.49. The summed E-state index contributed by atoms with van der Waals surface area (Å²) in [7, 11) is 0. The molecule has 0 unspecified atom stereocenters. The maximum atomic E-state index is 12.4. The molecular formula is C20H20N2O3S2. The molecule has 27 heavy (non-hydrogen) atoms. The summed E-state index contributed by atoms with van der Waals surface area (Å²) < 4.78 is 5.28. The Morgan fingerprint density at radius 3 is 2.56 bits per heavy atom. The van der Waals surface area contributed by atoms with Crippen molar-refractivity contribution in [3.8, 4) is 9.88 Å². The molecule has 1 aromatic carbocycles. The fourth-order valence-electron chi connectivity index (χ4n) is 2.58. The summed E-state index contributed by atoms with van der Waals surface area (Å²) in [5.41, 5.74) is 3.33. The predicted molar refractivity (Wildman–Crippen MR) is 109 cm³/mol. The molecule has 0 fully saturated rings. The third-order valence-electron chi connectivity index (χ3n) is 4.02. The molecule has 1 N–H and O–H groups in total. The molecule has 0 radical (unpaired) electrons. The highest BCUT2D eigenvalue weighted by molar-refractivity contribution is 7.20. The molecule has 0 saturated carbocycles. The Morgan fingerprint density at radius 2 is 1.89 bits per heavy atom. The lowest BCUT2D eigenvalue weighted by Crippen LogP contribution is -2.31. The molecular weight excluding hydrogens is 380 g/mol. The lowest BCUT2D eigenvalue weighted by molar-refractivity contribution is -0.152. The number of hydrogen-bond acceptors (Lipinski definition) is 6. The van der Waals surface area contributed by atoms with Crippen molar-refractivity contribution in [2.45, 2.75) is 33.3 Å². The number of para-hydroxylation sites is 1. The number of esters is 1. The first-order valence-corrected chi connectivity index (χ1v) is 10.2. The van der Waals surface area contributed by atoms with Crippen LogP contribution in [0.2, 0.25) is 0 Å². The van der Waals surface area contributed by atoms with Gasteiger partial charge in [0.05, 0.1) is 17.0 Å². The molecule has 140 valence electrons. The summed E-state index contributed by atoms with van der Waals surface area (Å²) >= 11 is 3.10. The molecule has 3 aromatic rings. The number of aryl methyl sites for hydroxylation is 2. The van der Waals surface area contributed by atoms with Crippen molar-refractivity contribution in [1.29, 1.82) is 0 Å². The molecule has 0 aliphatic heterocycles. The average Bonchev–Trinajstić information content (AvgIpc) is 3.29. The van der Waals surface area contributed by atoms with Crippen LogP contribution in [-0.2, 0) is 20.7 Å². The number of thiazole rings is 1. The zero-order chi connectivity index (χ0) is 19.4. The van der Waals surface area contributed by atoms with Crippen molar-refractivity contribution in [2.75, 3.05) is 5.32 Å². The third kappa shape index (κ3) is 4.81. The lowest BCUT2D eigenvalue weighted by atomic mass is 10.1. The van der Waals surface area contributed by atoms with Gasteiger partial charge >= 0.3 is 5.97 Å². The molecule has 0 bridgehead atoms. The van der Waals surface area contributed by atoms with Crippen LogP contribution in [0, 0.1) is 13.8 Å². The van der Waals surface area contributed by atoms with Crippen LogP contribution in [0.5, 0.6) is 0 Å². The minimum atomic E-state index is -0.882. The van der Waals surface area contributed by atoms with Gasteiger partial charge < -0.3 is 10.1 Å². The van der Waals surface area contributed by atoms with Crippen molar-refractivity contribution < 1.29 is 14.3 Å². The Bertz CT molecular complexity index is 928. The van der Waals surface area contributed by atoms with E-state index in [0.29, 0.717) is 5.69 Å². The Hall–Kier alpha value is -2.51. The first-order chi connectivity index (χ1) is 12.9. The van der Waals surface area contributed by atoms with Gasteiger partial charge in [0, 0.05) is 11.1 Å². The maximum Gasteiger partial charge on any atom is 0.312 e. The number of ether oxygens (including phenoxy) is 1. The van der Waals surface area contributed by atoms with E-state index >= 15 is 0 Å². The Kier molecular flexibility index (Phi) is 6.03. The van der Waals surface area contributed by atoms with E-state index in [1.165, 1.54) is 11.3 Å². The SMILES string of the molecule is Cc1cccc(C)c1NC(=O)[C@@H](C)OC(=O)Cc1csc(-c2cccs2)n1. The van der Waals surface area contributed by atoms with Crippen molar-refractivity contribution in [3.63, 3.8) is 0 Å². The Labute approximate surface area is 166 Å². The number of carbonyl (C=O) groups is 2. The van der Waals surface area contributed by atoms with E-state index in [4.69, 9.17) is 4.74 Å². The predicted octanol–water partition coefficient (Wildman–Crippen LogP) is 4.60. The number of carbonyl (C=O) groups excluding carboxylic acids is 2. The van der Waals surface area contributed by atoms with Crippen molar-refractivity contribution in [1.82, 2.24) is 4.98 Å². The largest absolute Gasteiger partial charge is 0.452 e. The zero-order valence-electron chi connectivity index (χ0n) is 15.3. The summed E-state index contributed by atoms with van der Waals surface area (Å²) in [6, 6.07) is 9.73. The van der Waals surface area contributed by atoms with E-state index in [1.807, 2.05) is 54.9 Å². The van der Waals surface area contributed by atoms with Gasteiger partial charge in [-0.1, -0.05) is 24.3 Å². The molecule has 0 saturated heterocycles. The second-order valence-corrected chi connectivity index (χ2v) is 7.99. The van der Waals surface area contributed by atoms with Gasteiger partial charge in [-0.05, 0) is 43.3 Å². The zero-order valence-corrected chi connectivity index (χ0v) is 16.9. The van der Waals surface area contributed by atoms with Crippen LogP contribution < -0.4 is 5.32 Å². The number of aromatic nitrogens is 1.